The van der Waals surface area contributed by atoms with Crippen molar-refractivity contribution in [1.29, 1.82) is 0 Å². The van der Waals surface area contributed by atoms with E-state index in [1.807, 2.05) is 19.3 Å². The van der Waals surface area contributed by atoms with Crippen LogP contribution in [-0.4, -0.2) is 28.0 Å². The quantitative estimate of drug-likeness (QED) is 0.783. The van der Waals surface area contributed by atoms with Crippen molar-refractivity contribution in [3.8, 4) is 0 Å². The number of aryl methyl sites for hydroxylation is 1. The third-order valence-electron chi connectivity index (χ3n) is 4.42. The third-order valence-corrected chi connectivity index (χ3v) is 4.42. The van der Waals surface area contributed by atoms with Gasteiger partial charge >= 0.3 is 0 Å². The number of aromatic nitrogens is 2. The molecule has 1 unspecified atom stereocenters. The van der Waals surface area contributed by atoms with Crippen LogP contribution in [0.25, 0.3) is 0 Å². The third kappa shape index (κ3) is 2.21. The molecular weight excluding hydrogens is 210 g/mol. The van der Waals surface area contributed by atoms with Crippen LogP contribution in [0.5, 0.6) is 0 Å². The van der Waals surface area contributed by atoms with Crippen molar-refractivity contribution in [2.45, 2.75) is 45.6 Å². The van der Waals surface area contributed by atoms with Crippen LogP contribution in [0.1, 0.15) is 50.0 Å². The highest BCUT2D eigenvalue weighted by Gasteiger charge is 2.46. The van der Waals surface area contributed by atoms with Gasteiger partial charge in [0.1, 0.15) is 0 Å². The van der Waals surface area contributed by atoms with Crippen molar-refractivity contribution in [2.24, 2.45) is 5.41 Å². The first kappa shape index (κ1) is 11.1. The van der Waals surface area contributed by atoms with Gasteiger partial charge in [0.25, 0.3) is 0 Å². The van der Waals surface area contributed by atoms with E-state index in [0.29, 0.717) is 11.5 Å². The molecule has 2 aliphatic rings. The van der Waals surface area contributed by atoms with Gasteiger partial charge in [-0.15, -0.1) is 0 Å². The Balaban J connectivity index is 1.72. The summed E-state index contributed by atoms with van der Waals surface area (Å²) in [6.45, 7) is 6.74. The molecule has 1 aromatic heterocycles. The van der Waals surface area contributed by atoms with Crippen molar-refractivity contribution >= 4 is 0 Å². The van der Waals surface area contributed by atoms with Crippen LogP contribution in [0, 0.1) is 12.3 Å². The number of hydrogen-bond donors (Lipinski definition) is 0. The summed E-state index contributed by atoms with van der Waals surface area (Å²) in [4.78, 5) is 11.5. The molecule has 0 bridgehead atoms. The molecule has 1 aliphatic heterocycles. The van der Waals surface area contributed by atoms with Crippen LogP contribution in [0.4, 0.5) is 0 Å². The summed E-state index contributed by atoms with van der Waals surface area (Å²) in [6, 6.07) is 0.417. The molecule has 0 N–H and O–H groups in total. The van der Waals surface area contributed by atoms with Gasteiger partial charge in [-0.25, -0.2) is 0 Å². The maximum absolute atomic E-state index is 4.52. The highest BCUT2D eigenvalue weighted by atomic mass is 15.2. The Morgan fingerprint density at radius 2 is 2.06 bits per heavy atom. The summed E-state index contributed by atoms with van der Waals surface area (Å²) in [6.07, 6.45) is 9.49. The highest BCUT2D eigenvalue weighted by Crippen LogP contribution is 2.52. The SMILES string of the molecule is Cc1cnc(C(C)N2CCCC3(CC3)C2)cn1. The Hall–Kier alpha value is -0.960. The number of nitrogens with zero attached hydrogens (tertiary/aromatic N) is 3. The van der Waals surface area contributed by atoms with Gasteiger partial charge in [0.05, 0.1) is 23.6 Å². The zero-order valence-electron chi connectivity index (χ0n) is 10.8. The van der Waals surface area contributed by atoms with Crippen LogP contribution in [-0.2, 0) is 0 Å². The molecule has 1 aromatic rings. The van der Waals surface area contributed by atoms with E-state index in [-0.39, 0.29) is 0 Å². The molecule has 17 heavy (non-hydrogen) atoms. The lowest BCUT2D eigenvalue weighted by Gasteiger charge is -2.36. The minimum atomic E-state index is 0.417. The maximum Gasteiger partial charge on any atom is 0.0755 e. The molecule has 1 saturated carbocycles. The van der Waals surface area contributed by atoms with Gasteiger partial charge in [-0.3, -0.25) is 14.9 Å². The lowest BCUT2D eigenvalue weighted by Crippen LogP contribution is -2.38. The molecule has 1 spiro atoms. The number of hydrogen-bond acceptors (Lipinski definition) is 3. The van der Waals surface area contributed by atoms with Gasteiger partial charge in [0.15, 0.2) is 0 Å². The van der Waals surface area contributed by atoms with Gasteiger partial charge in [0.2, 0.25) is 0 Å². The summed E-state index contributed by atoms with van der Waals surface area (Å²) in [5.74, 6) is 0. The minimum absolute atomic E-state index is 0.417. The number of likely N-dealkylation sites (tertiary alicyclic amines) is 1. The van der Waals surface area contributed by atoms with E-state index < -0.39 is 0 Å². The highest BCUT2D eigenvalue weighted by molar-refractivity contribution is 5.07. The van der Waals surface area contributed by atoms with E-state index in [0.717, 1.165) is 11.4 Å². The lowest BCUT2D eigenvalue weighted by atomic mass is 9.93. The van der Waals surface area contributed by atoms with Gasteiger partial charge in [-0.1, -0.05) is 0 Å². The lowest BCUT2D eigenvalue weighted by molar-refractivity contribution is 0.118. The summed E-state index contributed by atoms with van der Waals surface area (Å²) >= 11 is 0. The van der Waals surface area contributed by atoms with Gasteiger partial charge in [0, 0.05) is 12.7 Å². The normalized spacial score (nSPS) is 24.8. The number of rotatable bonds is 2. The van der Waals surface area contributed by atoms with Crippen molar-refractivity contribution in [2.75, 3.05) is 13.1 Å². The number of piperidine rings is 1. The molecule has 2 fully saturated rings. The average molecular weight is 231 g/mol. The average Bonchev–Trinajstić information content (AvgIpc) is 3.08. The van der Waals surface area contributed by atoms with E-state index in [1.54, 1.807) is 0 Å². The van der Waals surface area contributed by atoms with E-state index in [1.165, 1.54) is 38.8 Å². The standard InChI is InChI=1S/C14H21N3/c1-11-8-16-13(9-15-11)12(2)17-7-3-4-14(10-17)5-6-14/h8-9,12H,3-7,10H2,1-2H3. The Kier molecular flexibility index (Phi) is 2.66. The molecule has 1 atom stereocenters. The van der Waals surface area contributed by atoms with Crippen molar-refractivity contribution in [3.05, 3.63) is 23.8 Å². The Labute approximate surface area is 103 Å². The van der Waals surface area contributed by atoms with E-state index >= 15 is 0 Å². The van der Waals surface area contributed by atoms with Crippen LogP contribution in [0.2, 0.25) is 0 Å². The first-order valence-corrected chi connectivity index (χ1v) is 6.71. The molecule has 1 aliphatic carbocycles. The molecule has 3 heteroatoms. The van der Waals surface area contributed by atoms with Crippen molar-refractivity contribution in [3.63, 3.8) is 0 Å². The first-order chi connectivity index (χ1) is 8.19. The molecule has 3 nitrogen and oxygen atoms in total. The monoisotopic (exact) mass is 231 g/mol. The van der Waals surface area contributed by atoms with Crippen molar-refractivity contribution < 1.29 is 0 Å². The molecule has 0 aromatic carbocycles. The Morgan fingerprint density at radius 3 is 2.71 bits per heavy atom. The molecular formula is C14H21N3. The second-order valence-corrected chi connectivity index (χ2v) is 5.83. The zero-order chi connectivity index (χ0) is 11.9. The summed E-state index contributed by atoms with van der Waals surface area (Å²) < 4.78 is 0. The predicted molar refractivity (Wildman–Crippen MR) is 67.7 cm³/mol. The topological polar surface area (TPSA) is 29.0 Å². The molecule has 2 heterocycles. The Bertz CT molecular complexity index is 394. The fraction of sp³-hybridized carbons (Fsp3) is 0.714. The van der Waals surface area contributed by atoms with E-state index in [2.05, 4.69) is 21.8 Å². The van der Waals surface area contributed by atoms with Crippen LogP contribution < -0.4 is 0 Å². The van der Waals surface area contributed by atoms with Crippen LogP contribution in [0.15, 0.2) is 12.4 Å². The zero-order valence-corrected chi connectivity index (χ0v) is 10.8. The molecule has 3 rings (SSSR count). The van der Waals surface area contributed by atoms with E-state index in [4.69, 9.17) is 0 Å². The molecule has 1 saturated heterocycles. The summed E-state index contributed by atoms with van der Waals surface area (Å²) in [7, 11) is 0. The fourth-order valence-corrected chi connectivity index (χ4v) is 2.97. The summed E-state index contributed by atoms with van der Waals surface area (Å²) in [5, 5.41) is 0. The summed E-state index contributed by atoms with van der Waals surface area (Å²) in [5.41, 5.74) is 2.80. The van der Waals surface area contributed by atoms with Crippen LogP contribution in [0.3, 0.4) is 0 Å². The first-order valence-electron chi connectivity index (χ1n) is 6.71. The van der Waals surface area contributed by atoms with Gasteiger partial charge < -0.3 is 0 Å². The molecule has 92 valence electrons. The van der Waals surface area contributed by atoms with Crippen LogP contribution >= 0.6 is 0 Å². The molecule has 0 radical (unpaired) electrons. The fourth-order valence-electron chi connectivity index (χ4n) is 2.97. The smallest absolute Gasteiger partial charge is 0.0755 e. The second kappa shape index (κ2) is 4.05. The second-order valence-electron chi connectivity index (χ2n) is 5.83. The largest absolute Gasteiger partial charge is 0.294 e. The minimum Gasteiger partial charge on any atom is -0.294 e. The van der Waals surface area contributed by atoms with Gasteiger partial charge in [-0.05, 0) is 51.5 Å². The molecule has 0 amide bonds. The van der Waals surface area contributed by atoms with E-state index in [9.17, 15) is 0 Å². The van der Waals surface area contributed by atoms with Crippen molar-refractivity contribution in [1.82, 2.24) is 14.9 Å². The Morgan fingerprint density at radius 1 is 1.24 bits per heavy atom. The van der Waals surface area contributed by atoms with Gasteiger partial charge in [-0.2, -0.15) is 0 Å². The maximum atomic E-state index is 4.52. The predicted octanol–water partition coefficient (Wildman–Crippen LogP) is 2.72.